The monoisotopic (exact) mass is 456 g/mol. The molecule has 0 saturated heterocycles. The zero-order valence-corrected chi connectivity index (χ0v) is 19.4. The van der Waals surface area contributed by atoms with Gasteiger partial charge >= 0.3 is 0 Å². The number of nitrogens with zero attached hydrogens (tertiary/aromatic N) is 3. The Hall–Kier alpha value is -3.06. The van der Waals surface area contributed by atoms with Crippen LogP contribution in [0.15, 0.2) is 96.2 Å². The third-order valence-electron chi connectivity index (χ3n) is 5.25. The highest BCUT2D eigenvalue weighted by Crippen LogP contribution is 2.29. The smallest absolute Gasteiger partial charge is 0.209 e. The second kappa shape index (κ2) is 11.7. The van der Waals surface area contributed by atoms with Gasteiger partial charge in [0.1, 0.15) is 11.4 Å². The highest BCUT2D eigenvalue weighted by atomic mass is 32.2. The Morgan fingerprint density at radius 3 is 2.00 bits per heavy atom. The first-order valence-electron chi connectivity index (χ1n) is 11.1. The van der Waals surface area contributed by atoms with E-state index in [1.165, 1.54) is 17.3 Å². The molecule has 2 unspecified atom stereocenters. The minimum atomic E-state index is -0.509. The third-order valence-corrected chi connectivity index (χ3v) is 6.24. The van der Waals surface area contributed by atoms with E-state index >= 15 is 0 Å². The molecule has 3 aromatic carbocycles. The van der Waals surface area contributed by atoms with Crippen LogP contribution in [-0.2, 0) is 6.42 Å². The summed E-state index contributed by atoms with van der Waals surface area (Å²) in [7, 11) is 0. The maximum atomic E-state index is 10.5. The van der Waals surface area contributed by atoms with Crippen LogP contribution in [0.5, 0.6) is 0 Å². The van der Waals surface area contributed by atoms with Crippen LogP contribution in [0.1, 0.15) is 12.5 Å². The van der Waals surface area contributed by atoms with E-state index in [-0.39, 0.29) is 6.04 Å². The van der Waals surface area contributed by atoms with Crippen LogP contribution >= 0.6 is 11.8 Å². The van der Waals surface area contributed by atoms with E-state index in [4.69, 9.17) is 4.98 Å². The number of benzene rings is 3. The van der Waals surface area contributed by atoms with Gasteiger partial charge in [0.25, 0.3) is 0 Å². The van der Waals surface area contributed by atoms with Crippen LogP contribution in [0.3, 0.4) is 0 Å². The van der Waals surface area contributed by atoms with Crippen molar-refractivity contribution in [3.05, 3.63) is 96.6 Å². The summed E-state index contributed by atoms with van der Waals surface area (Å²) in [6.07, 6.45) is 0.417. The number of rotatable bonds is 10. The van der Waals surface area contributed by atoms with Gasteiger partial charge in [-0.2, -0.15) is 0 Å². The summed E-state index contributed by atoms with van der Waals surface area (Å²) in [5.41, 5.74) is 4.80. The number of aliphatic hydroxyl groups excluding tert-OH is 1. The maximum Gasteiger partial charge on any atom is 0.209 e. The normalized spacial score (nSPS) is 12.9. The van der Waals surface area contributed by atoms with Crippen molar-refractivity contribution in [1.29, 1.82) is 0 Å². The molecule has 0 saturated carbocycles. The summed E-state index contributed by atoms with van der Waals surface area (Å²) in [4.78, 5) is 4.80. The van der Waals surface area contributed by atoms with Crippen molar-refractivity contribution in [3.63, 3.8) is 0 Å². The van der Waals surface area contributed by atoms with Crippen LogP contribution in [0.4, 0.5) is 0 Å². The molecule has 4 rings (SSSR count). The molecular weight excluding hydrogens is 428 g/mol. The van der Waals surface area contributed by atoms with Gasteiger partial charge in [-0.05, 0) is 18.9 Å². The first-order valence-corrected chi connectivity index (χ1v) is 12.1. The minimum absolute atomic E-state index is 0.278. The van der Waals surface area contributed by atoms with Crippen molar-refractivity contribution >= 4 is 11.8 Å². The van der Waals surface area contributed by atoms with E-state index < -0.39 is 6.10 Å². The fourth-order valence-corrected chi connectivity index (χ4v) is 4.28. The first kappa shape index (κ1) is 23.1. The highest BCUT2D eigenvalue weighted by Gasteiger charge is 2.15. The molecule has 0 amide bonds. The van der Waals surface area contributed by atoms with Gasteiger partial charge in [0.2, 0.25) is 5.16 Å². The second-order valence-electron chi connectivity index (χ2n) is 7.99. The van der Waals surface area contributed by atoms with Crippen molar-refractivity contribution in [2.24, 2.45) is 0 Å². The van der Waals surface area contributed by atoms with Crippen molar-refractivity contribution in [2.75, 3.05) is 12.3 Å². The molecule has 2 atom stereocenters. The summed E-state index contributed by atoms with van der Waals surface area (Å²) < 4.78 is 0. The van der Waals surface area contributed by atoms with E-state index in [9.17, 15) is 5.11 Å². The van der Waals surface area contributed by atoms with Crippen molar-refractivity contribution in [2.45, 2.75) is 30.6 Å². The van der Waals surface area contributed by atoms with Gasteiger partial charge in [0, 0.05) is 29.5 Å². The third kappa shape index (κ3) is 6.71. The zero-order chi connectivity index (χ0) is 22.9. The number of aromatic nitrogens is 3. The van der Waals surface area contributed by atoms with Crippen LogP contribution in [0.25, 0.3) is 22.5 Å². The van der Waals surface area contributed by atoms with E-state index in [0.29, 0.717) is 17.5 Å². The Morgan fingerprint density at radius 1 is 0.788 bits per heavy atom. The zero-order valence-electron chi connectivity index (χ0n) is 18.6. The van der Waals surface area contributed by atoms with Crippen molar-refractivity contribution < 1.29 is 5.11 Å². The Labute approximate surface area is 199 Å². The highest BCUT2D eigenvalue weighted by molar-refractivity contribution is 7.99. The lowest BCUT2D eigenvalue weighted by Crippen LogP contribution is -2.36. The molecule has 0 spiro atoms. The Morgan fingerprint density at radius 2 is 1.36 bits per heavy atom. The number of aliphatic hydroxyl groups is 1. The van der Waals surface area contributed by atoms with E-state index in [0.717, 1.165) is 28.9 Å². The largest absolute Gasteiger partial charge is 0.391 e. The molecule has 0 aliphatic heterocycles. The fourth-order valence-electron chi connectivity index (χ4n) is 3.57. The Bertz CT molecular complexity index is 1130. The number of nitrogens with one attached hydrogen (secondary N) is 1. The lowest BCUT2D eigenvalue weighted by Gasteiger charge is -2.17. The summed E-state index contributed by atoms with van der Waals surface area (Å²) in [6.45, 7) is 2.65. The number of hydrogen-bond donors (Lipinski definition) is 2. The van der Waals surface area contributed by atoms with Gasteiger partial charge in [-0.1, -0.05) is 103 Å². The van der Waals surface area contributed by atoms with Gasteiger partial charge in [-0.3, -0.25) is 0 Å². The molecule has 1 aromatic heterocycles. The molecule has 0 fully saturated rings. The number of thioether (sulfide) groups is 1. The minimum Gasteiger partial charge on any atom is -0.391 e. The maximum absolute atomic E-state index is 10.5. The molecular formula is C27H28N4OS. The molecule has 4 aromatic rings. The summed E-state index contributed by atoms with van der Waals surface area (Å²) in [6, 6.07) is 30.6. The van der Waals surface area contributed by atoms with Gasteiger partial charge in [-0.25, -0.2) is 4.98 Å². The second-order valence-corrected chi connectivity index (χ2v) is 8.97. The van der Waals surface area contributed by atoms with Crippen LogP contribution in [-0.4, -0.2) is 44.7 Å². The van der Waals surface area contributed by atoms with E-state index in [1.807, 2.05) is 78.9 Å². The standard InChI is InChI=1S/C27H28N4OS/c1-20(17-21-11-5-2-6-12-21)28-18-24(32)19-33-27-29-25(22-13-7-3-8-14-22)26(30-31-27)23-15-9-4-10-16-23/h2-16,20,24,28,32H,17-19H2,1H3. The van der Waals surface area contributed by atoms with Crippen LogP contribution in [0, 0.1) is 0 Å². The van der Waals surface area contributed by atoms with Gasteiger partial charge in [0.15, 0.2) is 0 Å². The average molecular weight is 457 g/mol. The molecule has 2 N–H and O–H groups in total. The predicted octanol–water partition coefficient (Wildman–Crippen LogP) is 4.88. The van der Waals surface area contributed by atoms with E-state index in [2.05, 4.69) is 34.6 Å². The molecule has 0 aliphatic carbocycles. The lowest BCUT2D eigenvalue weighted by molar-refractivity contribution is 0.191. The molecule has 1 heterocycles. The lowest BCUT2D eigenvalue weighted by atomic mass is 10.0. The van der Waals surface area contributed by atoms with Crippen LogP contribution < -0.4 is 5.32 Å². The SMILES string of the molecule is CC(Cc1ccccc1)NCC(O)CSc1nnc(-c2ccccc2)c(-c2ccccc2)n1. The number of hydrogen-bond acceptors (Lipinski definition) is 6. The molecule has 33 heavy (non-hydrogen) atoms. The van der Waals surface area contributed by atoms with Gasteiger partial charge in [0.05, 0.1) is 6.10 Å². The molecule has 6 heteroatoms. The quantitative estimate of drug-likeness (QED) is 0.332. The molecule has 0 radical (unpaired) electrons. The van der Waals surface area contributed by atoms with Gasteiger partial charge < -0.3 is 10.4 Å². The molecule has 0 aliphatic rings. The predicted molar refractivity (Wildman–Crippen MR) is 135 cm³/mol. The first-order chi connectivity index (χ1) is 16.2. The Balaban J connectivity index is 1.39. The molecule has 0 bridgehead atoms. The molecule has 5 nitrogen and oxygen atoms in total. The molecule has 168 valence electrons. The summed E-state index contributed by atoms with van der Waals surface area (Å²) >= 11 is 1.42. The fraction of sp³-hybridized carbons (Fsp3) is 0.222. The topological polar surface area (TPSA) is 70.9 Å². The Kier molecular flexibility index (Phi) is 8.19. The van der Waals surface area contributed by atoms with Crippen LogP contribution in [0.2, 0.25) is 0 Å². The van der Waals surface area contributed by atoms with E-state index in [1.54, 1.807) is 0 Å². The average Bonchev–Trinajstić information content (AvgIpc) is 2.88. The summed E-state index contributed by atoms with van der Waals surface area (Å²) in [5.74, 6) is 0.492. The summed E-state index contributed by atoms with van der Waals surface area (Å²) in [5, 5.41) is 23.3. The van der Waals surface area contributed by atoms with Crippen molar-refractivity contribution in [3.8, 4) is 22.5 Å². The van der Waals surface area contributed by atoms with Gasteiger partial charge in [-0.15, -0.1) is 10.2 Å². The van der Waals surface area contributed by atoms with Crippen molar-refractivity contribution in [1.82, 2.24) is 20.5 Å².